The molecule has 0 bridgehead atoms. The highest BCUT2D eigenvalue weighted by Crippen LogP contribution is 2.40. The lowest BCUT2D eigenvalue weighted by atomic mass is 9.99. The van der Waals surface area contributed by atoms with Crippen LogP contribution in [0.2, 0.25) is 0 Å². The minimum absolute atomic E-state index is 0.221. The third kappa shape index (κ3) is 1.99. The predicted molar refractivity (Wildman–Crippen MR) is 49.0 cm³/mol. The number of aliphatic hydroxyl groups is 1. The summed E-state index contributed by atoms with van der Waals surface area (Å²) in [6, 6.07) is 0. The molecule has 0 aromatic carbocycles. The van der Waals surface area contributed by atoms with E-state index in [1.807, 2.05) is 0 Å². The molecular formula is C10H19NO. The minimum atomic E-state index is -0.221. The number of rotatable bonds is 3. The standard InChI is InChI=1S/C10H19NO/c1-11-7-3-9(8-11)2-4-10(12)5-6-10/h9,12H,2-8H2,1H3. The summed E-state index contributed by atoms with van der Waals surface area (Å²) in [5, 5.41) is 9.64. The van der Waals surface area contributed by atoms with Crippen LogP contribution in [-0.2, 0) is 0 Å². The van der Waals surface area contributed by atoms with Crippen LogP contribution >= 0.6 is 0 Å². The fraction of sp³-hybridized carbons (Fsp3) is 1.00. The van der Waals surface area contributed by atoms with Crippen LogP contribution in [0.5, 0.6) is 0 Å². The van der Waals surface area contributed by atoms with E-state index >= 15 is 0 Å². The molecule has 0 amide bonds. The van der Waals surface area contributed by atoms with E-state index in [0.717, 1.165) is 25.2 Å². The topological polar surface area (TPSA) is 23.5 Å². The Morgan fingerprint density at radius 1 is 1.50 bits per heavy atom. The molecule has 1 N–H and O–H groups in total. The van der Waals surface area contributed by atoms with E-state index in [4.69, 9.17) is 0 Å². The minimum Gasteiger partial charge on any atom is -0.390 e. The van der Waals surface area contributed by atoms with E-state index in [9.17, 15) is 5.11 Å². The van der Waals surface area contributed by atoms with Crippen molar-refractivity contribution in [1.82, 2.24) is 4.90 Å². The molecule has 0 radical (unpaired) electrons. The van der Waals surface area contributed by atoms with Crippen molar-refractivity contribution in [2.45, 2.75) is 37.7 Å². The fourth-order valence-corrected chi connectivity index (χ4v) is 2.13. The van der Waals surface area contributed by atoms with Gasteiger partial charge < -0.3 is 10.0 Å². The fourth-order valence-electron chi connectivity index (χ4n) is 2.13. The molecule has 70 valence electrons. The lowest BCUT2D eigenvalue weighted by molar-refractivity contribution is 0.131. The van der Waals surface area contributed by atoms with Gasteiger partial charge in [-0.2, -0.15) is 0 Å². The largest absolute Gasteiger partial charge is 0.390 e. The van der Waals surface area contributed by atoms with Crippen molar-refractivity contribution < 1.29 is 5.11 Å². The zero-order valence-electron chi connectivity index (χ0n) is 7.92. The molecule has 1 saturated heterocycles. The Morgan fingerprint density at radius 2 is 2.25 bits per heavy atom. The lowest BCUT2D eigenvalue weighted by Gasteiger charge is -2.12. The third-order valence-electron chi connectivity index (χ3n) is 3.33. The lowest BCUT2D eigenvalue weighted by Crippen LogP contribution is -2.15. The first-order chi connectivity index (χ1) is 5.68. The van der Waals surface area contributed by atoms with E-state index in [0.29, 0.717) is 0 Å². The average molecular weight is 169 g/mol. The van der Waals surface area contributed by atoms with Crippen LogP contribution in [0.4, 0.5) is 0 Å². The Kier molecular flexibility index (Phi) is 2.13. The highest BCUT2D eigenvalue weighted by Gasteiger charge is 2.40. The average Bonchev–Trinajstić information content (AvgIpc) is 2.60. The molecule has 1 atom stereocenters. The summed E-state index contributed by atoms with van der Waals surface area (Å²) in [6.07, 6.45) is 5.73. The quantitative estimate of drug-likeness (QED) is 0.687. The Hall–Kier alpha value is -0.0800. The second kappa shape index (κ2) is 3.00. The van der Waals surface area contributed by atoms with Gasteiger partial charge in [0.2, 0.25) is 0 Å². The third-order valence-corrected chi connectivity index (χ3v) is 3.33. The summed E-state index contributed by atoms with van der Waals surface area (Å²) in [4.78, 5) is 2.39. The second-order valence-electron chi connectivity index (χ2n) is 4.68. The van der Waals surface area contributed by atoms with Crippen molar-refractivity contribution in [3.05, 3.63) is 0 Å². The van der Waals surface area contributed by atoms with Gasteiger partial charge in [-0.05, 0) is 51.6 Å². The van der Waals surface area contributed by atoms with Gasteiger partial charge in [0.05, 0.1) is 5.60 Å². The number of likely N-dealkylation sites (tertiary alicyclic amines) is 1. The van der Waals surface area contributed by atoms with Crippen molar-refractivity contribution in [2.75, 3.05) is 20.1 Å². The van der Waals surface area contributed by atoms with Gasteiger partial charge in [0.25, 0.3) is 0 Å². The van der Waals surface area contributed by atoms with Crippen molar-refractivity contribution in [3.63, 3.8) is 0 Å². The normalized spacial score (nSPS) is 34.0. The number of hydrogen-bond donors (Lipinski definition) is 1. The maximum absolute atomic E-state index is 9.64. The molecule has 2 heteroatoms. The second-order valence-corrected chi connectivity index (χ2v) is 4.68. The van der Waals surface area contributed by atoms with Crippen LogP contribution in [0.3, 0.4) is 0 Å². The monoisotopic (exact) mass is 169 g/mol. The van der Waals surface area contributed by atoms with Crippen LogP contribution in [0.15, 0.2) is 0 Å². The predicted octanol–water partition coefficient (Wildman–Crippen LogP) is 1.24. The smallest absolute Gasteiger partial charge is 0.0650 e. The van der Waals surface area contributed by atoms with Gasteiger partial charge in [-0.1, -0.05) is 0 Å². The number of hydrogen-bond acceptors (Lipinski definition) is 2. The van der Waals surface area contributed by atoms with Gasteiger partial charge in [0, 0.05) is 6.54 Å². The highest BCUT2D eigenvalue weighted by molar-refractivity contribution is 4.93. The molecule has 1 heterocycles. The van der Waals surface area contributed by atoms with Crippen molar-refractivity contribution in [2.24, 2.45) is 5.92 Å². The van der Waals surface area contributed by atoms with E-state index in [1.165, 1.54) is 25.9 Å². The molecule has 1 aliphatic heterocycles. The van der Waals surface area contributed by atoms with Crippen LogP contribution < -0.4 is 0 Å². The van der Waals surface area contributed by atoms with Gasteiger partial charge in [-0.3, -0.25) is 0 Å². The summed E-state index contributed by atoms with van der Waals surface area (Å²) in [5.74, 6) is 0.861. The molecule has 0 aromatic heterocycles. The van der Waals surface area contributed by atoms with Crippen LogP contribution in [0.25, 0.3) is 0 Å². The van der Waals surface area contributed by atoms with Crippen LogP contribution in [-0.4, -0.2) is 35.7 Å². The summed E-state index contributed by atoms with van der Waals surface area (Å²) < 4.78 is 0. The summed E-state index contributed by atoms with van der Waals surface area (Å²) >= 11 is 0. The maximum Gasteiger partial charge on any atom is 0.0650 e. The Bertz CT molecular complexity index is 165. The Labute approximate surface area is 74.6 Å². The molecule has 2 fully saturated rings. The van der Waals surface area contributed by atoms with Gasteiger partial charge in [0.15, 0.2) is 0 Å². The maximum atomic E-state index is 9.64. The first-order valence-corrected chi connectivity index (χ1v) is 5.09. The Balaban J connectivity index is 1.67. The van der Waals surface area contributed by atoms with E-state index in [-0.39, 0.29) is 5.60 Å². The molecule has 1 aliphatic carbocycles. The van der Waals surface area contributed by atoms with Crippen molar-refractivity contribution in [3.8, 4) is 0 Å². The van der Waals surface area contributed by atoms with Crippen molar-refractivity contribution in [1.29, 1.82) is 0 Å². The summed E-state index contributed by atoms with van der Waals surface area (Å²) in [6.45, 7) is 2.50. The molecule has 2 aliphatic rings. The molecular weight excluding hydrogens is 150 g/mol. The van der Waals surface area contributed by atoms with E-state index in [2.05, 4.69) is 11.9 Å². The van der Waals surface area contributed by atoms with Gasteiger partial charge in [-0.25, -0.2) is 0 Å². The van der Waals surface area contributed by atoms with Gasteiger partial charge in [0.1, 0.15) is 0 Å². The molecule has 1 unspecified atom stereocenters. The summed E-state index contributed by atoms with van der Waals surface area (Å²) in [7, 11) is 2.19. The number of nitrogens with zero attached hydrogens (tertiary/aromatic N) is 1. The summed E-state index contributed by atoms with van der Waals surface area (Å²) in [5.41, 5.74) is -0.221. The van der Waals surface area contributed by atoms with Gasteiger partial charge >= 0.3 is 0 Å². The highest BCUT2D eigenvalue weighted by atomic mass is 16.3. The van der Waals surface area contributed by atoms with E-state index < -0.39 is 0 Å². The molecule has 1 saturated carbocycles. The Morgan fingerprint density at radius 3 is 2.75 bits per heavy atom. The molecule has 2 nitrogen and oxygen atoms in total. The molecule has 0 aromatic rings. The molecule has 0 spiro atoms. The SMILES string of the molecule is CN1CCC(CCC2(O)CC2)C1. The molecule has 12 heavy (non-hydrogen) atoms. The van der Waals surface area contributed by atoms with Crippen LogP contribution in [0, 0.1) is 5.92 Å². The zero-order chi connectivity index (χ0) is 8.60. The van der Waals surface area contributed by atoms with Crippen molar-refractivity contribution >= 4 is 0 Å². The van der Waals surface area contributed by atoms with Crippen LogP contribution in [0.1, 0.15) is 32.1 Å². The first kappa shape index (κ1) is 8.52. The first-order valence-electron chi connectivity index (χ1n) is 5.09. The van der Waals surface area contributed by atoms with Gasteiger partial charge in [-0.15, -0.1) is 0 Å². The van der Waals surface area contributed by atoms with E-state index in [1.54, 1.807) is 0 Å². The zero-order valence-corrected chi connectivity index (χ0v) is 7.92. The molecule has 2 rings (SSSR count).